The minimum Gasteiger partial charge on any atom is -0.507 e. The number of aliphatic hydroxyl groups is 1. The molecular weight excluding hydrogens is 580 g/mol. The Morgan fingerprint density at radius 2 is 1.40 bits per heavy atom. The number of benzene rings is 2. The smallest absolute Gasteiger partial charge is 0.301 e. The van der Waals surface area contributed by atoms with Crippen molar-refractivity contribution in [1.29, 1.82) is 0 Å². The lowest BCUT2D eigenvalue weighted by Crippen LogP contribution is -2.30. The van der Waals surface area contributed by atoms with Gasteiger partial charge in [0.1, 0.15) is 11.6 Å². The SMILES string of the molecule is O=C1C(=O)N(c2ccc(Br)cn2)C(c2ccc(Br)cc2)/C1=C(/O)c1ccc(Br)cc1. The van der Waals surface area contributed by atoms with E-state index in [1.807, 2.05) is 12.1 Å². The lowest BCUT2D eigenvalue weighted by atomic mass is 9.95. The number of halogens is 3. The highest BCUT2D eigenvalue weighted by atomic mass is 79.9. The highest BCUT2D eigenvalue weighted by Gasteiger charge is 2.47. The van der Waals surface area contributed by atoms with E-state index in [-0.39, 0.29) is 11.3 Å². The highest BCUT2D eigenvalue weighted by molar-refractivity contribution is 9.11. The zero-order valence-corrected chi connectivity index (χ0v) is 20.0. The van der Waals surface area contributed by atoms with Crippen LogP contribution in [-0.2, 0) is 9.59 Å². The summed E-state index contributed by atoms with van der Waals surface area (Å²) in [6, 6.07) is 16.7. The zero-order valence-electron chi connectivity index (χ0n) is 15.2. The molecule has 1 aliphatic rings. The Morgan fingerprint density at radius 3 is 1.97 bits per heavy atom. The van der Waals surface area contributed by atoms with E-state index in [0.29, 0.717) is 16.9 Å². The van der Waals surface area contributed by atoms with E-state index in [9.17, 15) is 14.7 Å². The van der Waals surface area contributed by atoms with Crippen molar-refractivity contribution in [3.63, 3.8) is 0 Å². The lowest BCUT2D eigenvalue weighted by molar-refractivity contribution is -0.132. The average Bonchev–Trinajstić information content (AvgIpc) is 3.00. The standard InChI is InChI=1S/C22H13Br3N2O3/c23-14-5-1-12(2-6-14)19-18(20(28)13-3-7-15(24)8-4-13)21(29)22(30)27(19)17-10-9-16(25)11-26-17/h1-11,19,28H/b20-18-. The molecule has 1 fully saturated rings. The van der Waals surface area contributed by atoms with Crippen molar-refractivity contribution >= 4 is 71.1 Å². The molecule has 8 heteroatoms. The summed E-state index contributed by atoms with van der Waals surface area (Å²) in [5.41, 5.74) is 1.15. The first-order chi connectivity index (χ1) is 14.4. The molecular formula is C22H13Br3N2O3. The molecule has 2 heterocycles. The van der Waals surface area contributed by atoms with E-state index in [1.54, 1.807) is 54.7 Å². The second kappa shape index (κ2) is 8.45. The summed E-state index contributed by atoms with van der Waals surface area (Å²) in [6.45, 7) is 0. The van der Waals surface area contributed by atoms with Crippen molar-refractivity contribution in [1.82, 2.24) is 4.98 Å². The molecule has 0 radical (unpaired) electrons. The predicted octanol–water partition coefficient (Wildman–Crippen LogP) is 6.00. The number of aliphatic hydroxyl groups excluding tert-OH is 1. The molecule has 3 aromatic rings. The largest absolute Gasteiger partial charge is 0.507 e. The number of aromatic nitrogens is 1. The molecule has 0 saturated carbocycles. The second-order valence-electron chi connectivity index (χ2n) is 6.56. The van der Waals surface area contributed by atoms with Crippen molar-refractivity contribution in [2.75, 3.05) is 4.90 Å². The number of Topliss-reactive ketones (excluding diaryl/α,β-unsaturated/α-hetero) is 1. The van der Waals surface area contributed by atoms with Crippen molar-refractivity contribution in [2.24, 2.45) is 0 Å². The number of nitrogens with zero attached hydrogens (tertiary/aromatic N) is 2. The minimum absolute atomic E-state index is 0.0226. The lowest BCUT2D eigenvalue weighted by Gasteiger charge is -2.24. The molecule has 150 valence electrons. The van der Waals surface area contributed by atoms with Gasteiger partial charge in [-0.15, -0.1) is 0 Å². The second-order valence-corrected chi connectivity index (χ2v) is 9.31. The van der Waals surface area contributed by atoms with Gasteiger partial charge in [0.2, 0.25) is 0 Å². The van der Waals surface area contributed by atoms with Crippen molar-refractivity contribution in [3.05, 3.63) is 97.0 Å². The number of hydrogen-bond acceptors (Lipinski definition) is 4. The summed E-state index contributed by atoms with van der Waals surface area (Å²) in [5, 5.41) is 11.0. The number of carbonyl (C=O) groups excluding carboxylic acids is 2. The molecule has 0 aliphatic carbocycles. The number of pyridine rings is 1. The number of anilines is 1. The predicted molar refractivity (Wildman–Crippen MR) is 125 cm³/mol. The van der Waals surface area contributed by atoms with Gasteiger partial charge in [0.05, 0.1) is 11.6 Å². The van der Waals surface area contributed by atoms with E-state index >= 15 is 0 Å². The molecule has 1 amide bonds. The van der Waals surface area contributed by atoms with E-state index in [4.69, 9.17) is 0 Å². The van der Waals surface area contributed by atoms with E-state index in [1.165, 1.54) is 4.90 Å². The summed E-state index contributed by atoms with van der Waals surface area (Å²) in [5.74, 6) is -1.40. The molecule has 5 nitrogen and oxygen atoms in total. The monoisotopic (exact) mass is 590 g/mol. The van der Waals surface area contributed by atoms with E-state index in [2.05, 4.69) is 52.8 Å². The number of rotatable bonds is 3. The quantitative estimate of drug-likeness (QED) is 0.230. The van der Waals surface area contributed by atoms with Crippen LogP contribution in [0.3, 0.4) is 0 Å². The maximum Gasteiger partial charge on any atom is 0.301 e. The third kappa shape index (κ3) is 3.87. The first-order valence-corrected chi connectivity index (χ1v) is 11.2. The Labute approximate surface area is 197 Å². The Hall–Kier alpha value is -2.29. The van der Waals surface area contributed by atoms with Gasteiger partial charge in [0.15, 0.2) is 0 Å². The van der Waals surface area contributed by atoms with Crippen LogP contribution < -0.4 is 4.90 Å². The van der Waals surface area contributed by atoms with Crippen LogP contribution in [0, 0.1) is 0 Å². The molecule has 1 saturated heterocycles. The van der Waals surface area contributed by atoms with Crippen LogP contribution in [0.25, 0.3) is 5.76 Å². The van der Waals surface area contributed by atoms with E-state index in [0.717, 1.165) is 13.4 Å². The van der Waals surface area contributed by atoms with Crippen molar-refractivity contribution in [2.45, 2.75) is 6.04 Å². The van der Waals surface area contributed by atoms with Crippen LogP contribution in [-0.4, -0.2) is 21.8 Å². The summed E-state index contributed by atoms with van der Waals surface area (Å²) in [7, 11) is 0. The number of carbonyl (C=O) groups is 2. The van der Waals surface area contributed by atoms with Gasteiger partial charge in [-0.25, -0.2) is 4.98 Å². The average molecular weight is 593 g/mol. The van der Waals surface area contributed by atoms with Gasteiger partial charge in [-0.1, -0.05) is 56.1 Å². The summed E-state index contributed by atoms with van der Waals surface area (Å²) in [4.78, 5) is 31.7. The summed E-state index contributed by atoms with van der Waals surface area (Å²) in [6.07, 6.45) is 1.56. The molecule has 2 aromatic carbocycles. The number of ketones is 1. The molecule has 1 atom stereocenters. The molecule has 1 unspecified atom stereocenters. The van der Waals surface area contributed by atoms with Crippen LogP contribution in [0.15, 0.2) is 85.9 Å². The van der Waals surface area contributed by atoms with Gasteiger partial charge in [-0.05, 0) is 57.9 Å². The van der Waals surface area contributed by atoms with Gasteiger partial charge in [0, 0.05) is 25.2 Å². The zero-order chi connectivity index (χ0) is 21.4. The maximum absolute atomic E-state index is 13.0. The fourth-order valence-electron chi connectivity index (χ4n) is 3.30. The van der Waals surface area contributed by atoms with Crippen LogP contribution in [0.5, 0.6) is 0 Å². The molecule has 0 spiro atoms. The first-order valence-electron chi connectivity index (χ1n) is 8.81. The summed E-state index contributed by atoms with van der Waals surface area (Å²) >= 11 is 10.1. The van der Waals surface area contributed by atoms with Gasteiger partial charge >= 0.3 is 5.91 Å². The molecule has 30 heavy (non-hydrogen) atoms. The van der Waals surface area contributed by atoms with Gasteiger partial charge in [0.25, 0.3) is 5.78 Å². The van der Waals surface area contributed by atoms with E-state index < -0.39 is 17.7 Å². The molecule has 1 aliphatic heterocycles. The van der Waals surface area contributed by atoms with Crippen LogP contribution in [0.4, 0.5) is 5.82 Å². The Bertz CT molecular complexity index is 1160. The minimum atomic E-state index is -0.810. The number of hydrogen-bond donors (Lipinski definition) is 1. The van der Waals surface area contributed by atoms with Crippen LogP contribution in [0.2, 0.25) is 0 Å². The highest BCUT2D eigenvalue weighted by Crippen LogP contribution is 2.42. The fraction of sp³-hybridized carbons (Fsp3) is 0.0455. The Balaban J connectivity index is 1.93. The topological polar surface area (TPSA) is 70.5 Å². The van der Waals surface area contributed by atoms with Crippen LogP contribution in [0.1, 0.15) is 17.2 Å². The third-order valence-corrected chi connectivity index (χ3v) is 6.23. The maximum atomic E-state index is 13.0. The Kier molecular flexibility index (Phi) is 5.90. The van der Waals surface area contributed by atoms with Crippen molar-refractivity contribution < 1.29 is 14.7 Å². The third-order valence-electron chi connectivity index (χ3n) is 4.71. The number of amides is 1. The molecule has 1 N–H and O–H groups in total. The first kappa shape index (κ1) is 21.0. The van der Waals surface area contributed by atoms with Gasteiger partial charge in [-0.3, -0.25) is 14.5 Å². The van der Waals surface area contributed by atoms with Gasteiger partial charge < -0.3 is 5.11 Å². The molecule has 1 aromatic heterocycles. The summed E-state index contributed by atoms with van der Waals surface area (Å²) < 4.78 is 2.44. The van der Waals surface area contributed by atoms with Crippen LogP contribution >= 0.6 is 47.8 Å². The molecule has 0 bridgehead atoms. The Morgan fingerprint density at radius 1 is 0.833 bits per heavy atom. The fourth-order valence-corrected chi connectivity index (χ4v) is 4.07. The van der Waals surface area contributed by atoms with Crippen molar-refractivity contribution in [3.8, 4) is 0 Å². The van der Waals surface area contributed by atoms with Gasteiger partial charge in [-0.2, -0.15) is 0 Å². The normalized spacial score (nSPS) is 18.1. The molecule has 4 rings (SSSR count).